The highest BCUT2D eigenvalue weighted by atomic mass is 35.5. The van der Waals surface area contributed by atoms with Crippen molar-refractivity contribution in [3.05, 3.63) is 94.8 Å². The van der Waals surface area contributed by atoms with Crippen LogP contribution in [0.3, 0.4) is 0 Å². The molecule has 3 amide bonds. The van der Waals surface area contributed by atoms with E-state index in [1.54, 1.807) is 41.3 Å². The average Bonchev–Trinajstić information content (AvgIpc) is 3.39. The molecule has 3 aromatic carbocycles. The second-order valence-corrected chi connectivity index (χ2v) is 9.71. The SMILES string of the molecule is C[C@@H]1N[C@]2(C(=O)N(Cc3ccc(F)cc3)c3ccccc32)[C@H]2C(=O)N(c3cccc(Cl)c3)C(=O)[C@@H]12. The van der Waals surface area contributed by atoms with E-state index in [0.717, 1.165) is 5.56 Å². The molecule has 3 aliphatic heterocycles. The third-order valence-electron chi connectivity index (χ3n) is 7.33. The Kier molecular flexibility index (Phi) is 4.85. The zero-order valence-electron chi connectivity index (χ0n) is 18.7. The van der Waals surface area contributed by atoms with E-state index in [1.165, 1.54) is 17.0 Å². The zero-order valence-corrected chi connectivity index (χ0v) is 19.5. The maximum atomic E-state index is 14.2. The van der Waals surface area contributed by atoms with E-state index in [1.807, 2.05) is 31.2 Å². The van der Waals surface area contributed by atoms with Crippen LogP contribution in [0.4, 0.5) is 15.8 Å². The van der Waals surface area contributed by atoms with Gasteiger partial charge in [0.05, 0.1) is 24.1 Å². The summed E-state index contributed by atoms with van der Waals surface area (Å²) < 4.78 is 13.5. The standard InChI is InChI=1S/C27H21ClFN3O3/c1-15-22-23(25(34)32(24(22)33)19-6-4-5-17(28)13-19)27(30-15)20-7-2-3-8-21(20)31(26(27)35)14-16-9-11-18(29)12-10-16/h2-13,15,22-23,30H,14H2,1H3/t15-,22-,23+,27-/m0/s1. The highest BCUT2D eigenvalue weighted by Crippen LogP contribution is 2.55. The van der Waals surface area contributed by atoms with E-state index in [4.69, 9.17) is 11.6 Å². The lowest BCUT2D eigenvalue weighted by Crippen LogP contribution is -2.54. The van der Waals surface area contributed by atoms with Gasteiger partial charge in [-0.3, -0.25) is 19.7 Å². The van der Waals surface area contributed by atoms with E-state index >= 15 is 0 Å². The van der Waals surface area contributed by atoms with Gasteiger partial charge in [-0.1, -0.05) is 48.0 Å². The number of para-hydroxylation sites is 1. The Morgan fingerprint density at radius 1 is 0.971 bits per heavy atom. The molecule has 176 valence electrons. The van der Waals surface area contributed by atoms with Crippen molar-refractivity contribution in [2.75, 3.05) is 9.80 Å². The van der Waals surface area contributed by atoms with Gasteiger partial charge in [0.2, 0.25) is 11.8 Å². The third kappa shape index (κ3) is 3.01. The second kappa shape index (κ2) is 7.73. The number of imide groups is 1. The minimum Gasteiger partial charge on any atom is -0.306 e. The fraction of sp³-hybridized carbons (Fsp3) is 0.222. The molecule has 6 rings (SSSR count). The number of hydrogen-bond acceptors (Lipinski definition) is 4. The quantitative estimate of drug-likeness (QED) is 0.564. The van der Waals surface area contributed by atoms with Gasteiger partial charge in [-0.15, -0.1) is 0 Å². The van der Waals surface area contributed by atoms with Crippen molar-refractivity contribution in [1.29, 1.82) is 0 Å². The highest BCUT2D eigenvalue weighted by molar-refractivity contribution is 6.31. The Morgan fingerprint density at radius 3 is 2.46 bits per heavy atom. The summed E-state index contributed by atoms with van der Waals surface area (Å²) in [5.74, 6) is -3.03. The van der Waals surface area contributed by atoms with E-state index in [0.29, 0.717) is 22.0 Å². The summed E-state index contributed by atoms with van der Waals surface area (Å²) in [6.45, 7) is 2.04. The van der Waals surface area contributed by atoms with Gasteiger partial charge < -0.3 is 4.90 Å². The Morgan fingerprint density at radius 2 is 1.71 bits per heavy atom. The van der Waals surface area contributed by atoms with Gasteiger partial charge >= 0.3 is 0 Å². The average molecular weight is 490 g/mol. The van der Waals surface area contributed by atoms with E-state index in [2.05, 4.69) is 5.32 Å². The Labute approximate surface area is 206 Å². The minimum absolute atomic E-state index is 0.214. The van der Waals surface area contributed by atoms with Crippen molar-refractivity contribution in [3.63, 3.8) is 0 Å². The number of fused-ring (bicyclic) bond motifs is 4. The summed E-state index contributed by atoms with van der Waals surface area (Å²) in [7, 11) is 0. The summed E-state index contributed by atoms with van der Waals surface area (Å²) in [5, 5.41) is 3.77. The van der Waals surface area contributed by atoms with E-state index in [-0.39, 0.29) is 24.2 Å². The monoisotopic (exact) mass is 489 g/mol. The maximum Gasteiger partial charge on any atom is 0.253 e. The van der Waals surface area contributed by atoms with Crippen LogP contribution in [0.1, 0.15) is 18.1 Å². The van der Waals surface area contributed by atoms with Crippen LogP contribution in [0.15, 0.2) is 72.8 Å². The molecular weight excluding hydrogens is 469 g/mol. The van der Waals surface area contributed by atoms with Crippen LogP contribution < -0.4 is 15.1 Å². The van der Waals surface area contributed by atoms with Crippen molar-refractivity contribution in [2.45, 2.75) is 25.0 Å². The molecule has 8 heteroatoms. The summed E-state index contributed by atoms with van der Waals surface area (Å²) in [4.78, 5) is 44.4. The molecule has 35 heavy (non-hydrogen) atoms. The number of carbonyl (C=O) groups is 3. The number of hydrogen-bond donors (Lipinski definition) is 1. The normalized spacial score (nSPS) is 27.2. The molecule has 2 fully saturated rings. The molecule has 2 saturated heterocycles. The number of rotatable bonds is 3. The van der Waals surface area contributed by atoms with Crippen LogP contribution in [0.25, 0.3) is 0 Å². The Hall–Kier alpha value is -3.55. The molecule has 0 radical (unpaired) electrons. The largest absolute Gasteiger partial charge is 0.306 e. The van der Waals surface area contributed by atoms with E-state index in [9.17, 15) is 18.8 Å². The van der Waals surface area contributed by atoms with Crippen molar-refractivity contribution in [1.82, 2.24) is 5.32 Å². The van der Waals surface area contributed by atoms with Gasteiger partial charge in [0, 0.05) is 22.3 Å². The lowest BCUT2D eigenvalue weighted by Gasteiger charge is -2.30. The van der Waals surface area contributed by atoms with Crippen molar-refractivity contribution < 1.29 is 18.8 Å². The second-order valence-electron chi connectivity index (χ2n) is 9.27. The van der Waals surface area contributed by atoms with Gasteiger partial charge in [-0.05, 0) is 48.9 Å². The predicted octanol–water partition coefficient (Wildman–Crippen LogP) is 4.02. The summed E-state index contributed by atoms with van der Waals surface area (Å²) in [5.41, 5.74) is 1.11. The van der Waals surface area contributed by atoms with Crippen LogP contribution in [-0.4, -0.2) is 23.8 Å². The minimum atomic E-state index is -1.37. The summed E-state index contributed by atoms with van der Waals surface area (Å²) in [6, 6.07) is 19.5. The number of benzene rings is 3. The first-order chi connectivity index (χ1) is 16.8. The Balaban J connectivity index is 1.46. The van der Waals surface area contributed by atoms with Gasteiger partial charge in [0.25, 0.3) is 5.91 Å². The molecule has 0 aromatic heterocycles. The fourth-order valence-corrected chi connectivity index (χ4v) is 6.09. The zero-order chi connectivity index (χ0) is 24.5. The molecule has 0 aliphatic carbocycles. The fourth-order valence-electron chi connectivity index (χ4n) is 5.91. The Bertz CT molecular complexity index is 1390. The molecule has 3 heterocycles. The molecule has 6 nitrogen and oxygen atoms in total. The van der Waals surface area contributed by atoms with Crippen LogP contribution in [0, 0.1) is 17.7 Å². The van der Waals surface area contributed by atoms with E-state index < -0.39 is 29.3 Å². The molecule has 3 aliphatic rings. The first kappa shape index (κ1) is 21.9. The molecule has 4 atom stereocenters. The number of halogens is 2. The first-order valence-electron chi connectivity index (χ1n) is 11.4. The van der Waals surface area contributed by atoms with Crippen molar-refractivity contribution in [3.8, 4) is 0 Å². The molecule has 0 saturated carbocycles. The summed E-state index contributed by atoms with van der Waals surface area (Å²) >= 11 is 6.14. The number of carbonyl (C=O) groups excluding carboxylic acids is 3. The van der Waals surface area contributed by atoms with Crippen LogP contribution in [0.5, 0.6) is 0 Å². The molecule has 3 aromatic rings. The van der Waals surface area contributed by atoms with Crippen LogP contribution in [-0.2, 0) is 26.5 Å². The van der Waals surface area contributed by atoms with Gasteiger partial charge in [0.15, 0.2) is 0 Å². The molecule has 1 N–H and O–H groups in total. The highest BCUT2D eigenvalue weighted by Gasteiger charge is 2.71. The van der Waals surface area contributed by atoms with Crippen molar-refractivity contribution in [2.24, 2.45) is 11.8 Å². The number of nitrogens with zero attached hydrogens (tertiary/aromatic N) is 2. The van der Waals surface area contributed by atoms with Crippen molar-refractivity contribution >= 4 is 40.7 Å². The topological polar surface area (TPSA) is 69.7 Å². The lowest BCUT2D eigenvalue weighted by atomic mass is 9.76. The smallest absolute Gasteiger partial charge is 0.253 e. The van der Waals surface area contributed by atoms with Crippen LogP contribution >= 0.6 is 11.6 Å². The first-order valence-corrected chi connectivity index (χ1v) is 11.8. The maximum absolute atomic E-state index is 14.2. The molecule has 0 bridgehead atoms. The predicted molar refractivity (Wildman–Crippen MR) is 129 cm³/mol. The van der Waals surface area contributed by atoms with Gasteiger partial charge in [-0.25, -0.2) is 9.29 Å². The van der Waals surface area contributed by atoms with Gasteiger partial charge in [0.1, 0.15) is 11.4 Å². The third-order valence-corrected chi connectivity index (χ3v) is 7.57. The lowest BCUT2D eigenvalue weighted by molar-refractivity contribution is -0.132. The number of amides is 3. The van der Waals surface area contributed by atoms with Gasteiger partial charge in [-0.2, -0.15) is 0 Å². The number of nitrogens with one attached hydrogen (secondary N) is 1. The summed E-state index contributed by atoms with van der Waals surface area (Å²) in [6.07, 6.45) is 0. The molecule has 0 unspecified atom stereocenters. The van der Waals surface area contributed by atoms with Crippen LogP contribution in [0.2, 0.25) is 5.02 Å². The molecular formula is C27H21ClFN3O3. The molecule has 1 spiro atoms. The number of anilines is 2.